The van der Waals surface area contributed by atoms with Crippen LogP contribution in [0, 0.1) is 11.3 Å². The molecule has 4 nitrogen and oxygen atoms in total. The SMILES string of the molecule is C=CCC(c1ccc(C(=N)N(CC)CC)cc1O)C1CCN(C)CC1. The van der Waals surface area contributed by atoms with Gasteiger partial charge in [-0.2, -0.15) is 0 Å². The zero-order valence-electron chi connectivity index (χ0n) is 16.0. The molecule has 0 aromatic heterocycles. The van der Waals surface area contributed by atoms with E-state index in [0.717, 1.165) is 56.6 Å². The lowest BCUT2D eigenvalue weighted by molar-refractivity contribution is 0.197. The van der Waals surface area contributed by atoms with Crippen molar-refractivity contribution in [1.82, 2.24) is 9.80 Å². The molecule has 4 heteroatoms. The number of aromatic hydroxyl groups is 1. The van der Waals surface area contributed by atoms with Crippen molar-refractivity contribution in [2.24, 2.45) is 5.92 Å². The fourth-order valence-corrected chi connectivity index (χ4v) is 3.91. The van der Waals surface area contributed by atoms with E-state index in [2.05, 4.69) is 18.5 Å². The summed E-state index contributed by atoms with van der Waals surface area (Å²) in [6.45, 7) is 11.8. The number of benzene rings is 1. The Hall–Kier alpha value is -1.81. The minimum atomic E-state index is 0.308. The number of amidine groups is 1. The van der Waals surface area contributed by atoms with E-state index < -0.39 is 0 Å². The third kappa shape index (κ3) is 4.63. The molecule has 0 radical (unpaired) electrons. The third-order valence-electron chi connectivity index (χ3n) is 5.54. The molecule has 1 fully saturated rings. The normalized spacial score (nSPS) is 17.2. The van der Waals surface area contributed by atoms with Crippen molar-refractivity contribution in [3.05, 3.63) is 42.0 Å². The first kappa shape index (κ1) is 19.5. The van der Waals surface area contributed by atoms with E-state index in [9.17, 15) is 5.11 Å². The maximum absolute atomic E-state index is 10.7. The van der Waals surface area contributed by atoms with Crippen molar-refractivity contribution in [2.75, 3.05) is 33.2 Å². The standard InChI is InChI=1S/C21H33N3O/c1-5-8-18(16-11-13-23(4)14-12-16)19-10-9-17(15-20(19)25)21(22)24(6-2)7-3/h5,9-10,15-16,18,22,25H,1,6-8,11-14H2,2-4H3. The smallest absolute Gasteiger partial charge is 0.128 e. The summed E-state index contributed by atoms with van der Waals surface area (Å²) in [6.07, 6.45) is 5.17. The van der Waals surface area contributed by atoms with Gasteiger partial charge in [-0.1, -0.05) is 18.2 Å². The summed E-state index contributed by atoms with van der Waals surface area (Å²) in [5, 5.41) is 19.0. The molecule has 2 N–H and O–H groups in total. The monoisotopic (exact) mass is 343 g/mol. The molecule has 25 heavy (non-hydrogen) atoms. The summed E-state index contributed by atoms with van der Waals surface area (Å²) in [4.78, 5) is 4.36. The minimum absolute atomic E-state index is 0.308. The molecule has 1 aromatic rings. The second kappa shape index (κ2) is 9.04. The second-order valence-corrected chi connectivity index (χ2v) is 7.07. The van der Waals surface area contributed by atoms with Crippen LogP contribution in [0.25, 0.3) is 0 Å². The van der Waals surface area contributed by atoms with Crippen LogP contribution in [0.15, 0.2) is 30.9 Å². The summed E-state index contributed by atoms with van der Waals surface area (Å²) >= 11 is 0. The Morgan fingerprint density at radius 2 is 2.00 bits per heavy atom. The van der Waals surface area contributed by atoms with E-state index in [4.69, 9.17) is 5.41 Å². The van der Waals surface area contributed by atoms with Gasteiger partial charge < -0.3 is 14.9 Å². The zero-order valence-corrected chi connectivity index (χ0v) is 16.0. The summed E-state index contributed by atoms with van der Waals surface area (Å²) in [7, 11) is 2.17. The molecule has 1 heterocycles. The minimum Gasteiger partial charge on any atom is -0.508 e. The highest BCUT2D eigenvalue weighted by atomic mass is 16.3. The third-order valence-corrected chi connectivity index (χ3v) is 5.54. The lowest BCUT2D eigenvalue weighted by atomic mass is 9.77. The van der Waals surface area contributed by atoms with Gasteiger partial charge >= 0.3 is 0 Å². The average Bonchev–Trinajstić information content (AvgIpc) is 2.62. The highest BCUT2D eigenvalue weighted by molar-refractivity contribution is 5.96. The highest BCUT2D eigenvalue weighted by Gasteiger charge is 2.27. The van der Waals surface area contributed by atoms with E-state index in [1.54, 1.807) is 6.07 Å². The van der Waals surface area contributed by atoms with Crippen LogP contribution in [0.5, 0.6) is 5.75 Å². The fraction of sp³-hybridized carbons (Fsp3) is 0.571. The van der Waals surface area contributed by atoms with Gasteiger partial charge in [0.15, 0.2) is 0 Å². The van der Waals surface area contributed by atoms with Crippen LogP contribution in [0.2, 0.25) is 0 Å². The molecule has 2 rings (SSSR count). The van der Waals surface area contributed by atoms with Crippen LogP contribution in [0.4, 0.5) is 0 Å². The van der Waals surface area contributed by atoms with Gasteiger partial charge in [0, 0.05) is 18.7 Å². The summed E-state index contributed by atoms with van der Waals surface area (Å²) in [5.74, 6) is 1.68. The number of rotatable bonds is 7. The van der Waals surface area contributed by atoms with E-state index in [1.807, 2.05) is 37.0 Å². The number of allylic oxidation sites excluding steroid dienone is 1. The van der Waals surface area contributed by atoms with Gasteiger partial charge in [0.25, 0.3) is 0 Å². The quantitative estimate of drug-likeness (QED) is 0.446. The maximum atomic E-state index is 10.7. The van der Waals surface area contributed by atoms with Gasteiger partial charge in [0.2, 0.25) is 0 Å². The Kier molecular flexibility index (Phi) is 7.06. The number of phenolic OH excluding ortho intramolecular Hbond substituents is 1. The number of hydrogen-bond donors (Lipinski definition) is 2. The summed E-state index contributed by atoms with van der Waals surface area (Å²) in [5.41, 5.74) is 1.79. The van der Waals surface area contributed by atoms with Crippen molar-refractivity contribution >= 4 is 5.84 Å². The van der Waals surface area contributed by atoms with Gasteiger partial charge in [-0.3, -0.25) is 5.41 Å². The lowest BCUT2D eigenvalue weighted by Crippen LogP contribution is -2.32. The molecule has 138 valence electrons. The predicted molar refractivity (Wildman–Crippen MR) is 106 cm³/mol. The van der Waals surface area contributed by atoms with Crippen molar-refractivity contribution < 1.29 is 5.11 Å². The van der Waals surface area contributed by atoms with Crippen LogP contribution >= 0.6 is 0 Å². The molecule has 0 bridgehead atoms. The van der Waals surface area contributed by atoms with E-state index in [-0.39, 0.29) is 0 Å². The van der Waals surface area contributed by atoms with Gasteiger partial charge in [-0.25, -0.2) is 0 Å². The average molecular weight is 344 g/mol. The molecular formula is C21H33N3O. The van der Waals surface area contributed by atoms with Crippen molar-refractivity contribution in [3.63, 3.8) is 0 Å². The molecule has 1 saturated heterocycles. The van der Waals surface area contributed by atoms with Crippen molar-refractivity contribution in [2.45, 2.75) is 39.0 Å². The Labute approximate surface area is 152 Å². The fourth-order valence-electron chi connectivity index (χ4n) is 3.91. The van der Waals surface area contributed by atoms with Gasteiger partial charge in [-0.05, 0) is 76.7 Å². The van der Waals surface area contributed by atoms with Crippen molar-refractivity contribution in [3.8, 4) is 5.75 Å². The molecule has 1 unspecified atom stereocenters. The zero-order chi connectivity index (χ0) is 18.4. The number of nitrogens with zero attached hydrogens (tertiary/aromatic N) is 2. The number of likely N-dealkylation sites (tertiary alicyclic amines) is 1. The highest BCUT2D eigenvalue weighted by Crippen LogP contribution is 2.39. The first-order valence-corrected chi connectivity index (χ1v) is 9.47. The lowest BCUT2D eigenvalue weighted by Gasteiger charge is -2.34. The van der Waals surface area contributed by atoms with Crippen LogP contribution in [0.3, 0.4) is 0 Å². The van der Waals surface area contributed by atoms with E-state index in [0.29, 0.717) is 23.4 Å². The summed E-state index contributed by atoms with van der Waals surface area (Å²) < 4.78 is 0. The maximum Gasteiger partial charge on any atom is 0.128 e. The number of phenols is 1. The van der Waals surface area contributed by atoms with Crippen LogP contribution in [-0.4, -0.2) is 54.0 Å². The Morgan fingerprint density at radius 3 is 2.52 bits per heavy atom. The van der Waals surface area contributed by atoms with Crippen LogP contribution in [0.1, 0.15) is 50.2 Å². The van der Waals surface area contributed by atoms with Crippen LogP contribution in [-0.2, 0) is 0 Å². The molecule has 1 atom stereocenters. The van der Waals surface area contributed by atoms with E-state index >= 15 is 0 Å². The van der Waals surface area contributed by atoms with Gasteiger partial charge in [-0.15, -0.1) is 6.58 Å². The molecule has 1 aliphatic rings. The van der Waals surface area contributed by atoms with E-state index in [1.165, 1.54) is 0 Å². The topological polar surface area (TPSA) is 50.6 Å². The number of nitrogens with one attached hydrogen (secondary N) is 1. The van der Waals surface area contributed by atoms with Gasteiger partial charge in [0.1, 0.15) is 11.6 Å². The largest absolute Gasteiger partial charge is 0.508 e. The van der Waals surface area contributed by atoms with Gasteiger partial charge in [0.05, 0.1) is 0 Å². The Balaban J connectivity index is 2.24. The second-order valence-electron chi connectivity index (χ2n) is 7.07. The molecule has 0 spiro atoms. The predicted octanol–water partition coefficient (Wildman–Crippen LogP) is 4.06. The Bertz CT molecular complexity index is 587. The molecule has 1 aliphatic heterocycles. The molecule has 0 aliphatic carbocycles. The Morgan fingerprint density at radius 1 is 1.36 bits per heavy atom. The first-order valence-electron chi connectivity index (χ1n) is 9.47. The van der Waals surface area contributed by atoms with Crippen molar-refractivity contribution in [1.29, 1.82) is 5.41 Å². The molecular weight excluding hydrogens is 310 g/mol. The van der Waals surface area contributed by atoms with Crippen LogP contribution < -0.4 is 0 Å². The molecule has 0 amide bonds. The summed E-state index contributed by atoms with van der Waals surface area (Å²) in [6, 6.07) is 5.77. The number of hydrogen-bond acceptors (Lipinski definition) is 3. The molecule has 0 saturated carbocycles. The number of piperidine rings is 1. The first-order chi connectivity index (χ1) is 12.0. The molecule has 1 aromatic carbocycles.